The zero-order valence-corrected chi connectivity index (χ0v) is 24.3. The Kier molecular flexibility index (Phi) is 6.19. The third-order valence-corrected chi connectivity index (χ3v) is 10.4. The molecule has 2 atom stereocenters. The second kappa shape index (κ2) is 9.58. The molecule has 1 amide bonds. The molecule has 4 aliphatic rings. The fourth-order valence-corrected chi connectivity index (χ4v) is 8.11. The summed E-state index contributed by atoms with van der Waals surface area (Å²) in [6.45, 7) is 9.05. The Morgan fingerprint density at radius 2 is 2.00 bits per heavy atom. The first kappa shape index (κ1) is 26.5. The van der Waals surface area contributed by atoms with Crippen LogP contribution >= 0.6 is 11.6 Å². The van der Waals surface area contributed by atoms with Crippen LogP contribution in [0.4, 0.5) is 10.2 Å². The molecule has 0 bridgehead atoms. The number of rotatable bonds is 3. The maximum atomic E-state index is 15.7. The van der Waals surface area contributed by atoms with Gasteiger partial charge in [-0.2, -0.15) is 4.98 Å². The molecule has 2 saturated carbocycles. The highest BCUT2D eigenvalue weighted by atomic mass is 35.5. The van der Waals surface area contributed by atoms with Crippen LogP contribution in [0.1, 0.15) is 62.6 Å². The van der Waals surface area contributed by atoms with Crippen molar-refractivity contribution in [2.24, 2.45) is 5.41 Å². The second-order valence-electron chi connectivity index (χ2n) is 12.2. The second-order valence-corrected chi connectivity index (χ2v) is 12.6. The number of hydrogen-bond acceptors (Lipinski definition) is 5. The van der Waals surface area contributed by atoms with Gasteiger partial charge in [-0.3, -0.25) is 9.36 Å². The van der Waals surface area contributed by atoms with E-state index in [0.717, 1.165) is 49.5 Å². The number of amides is 1. The monoisotopic (exact) mass is 576 g/mol. The van der Waals surface area contributed by atoms with Gasteiger partial charge in [-0.05, 0) is 62.7 Å². The van der Waals surface area contributed by atoms with Crippen molar-refractivity contribution in [2.75, 3.05) is 24.5 Å². The van der Waals surface area contributed by atoms with E-state index < -0.39 is 0 Å². The van der Waals surface area contributed by atoms with Gasteiger partial charge >= 0.3 is 5.69 Å². The topological polar surface area (TPSA) is 67.7 Å². The molecule has 2 aliphatic carbocycles. The van der Waals surface area contributed by atoms with Gasteiger partial charge in [0.2, 0.25) is 5.91 Å². The molecule has 0 N–H and O–H groups in total. The van der Waals surface area contributed by atoms with E-state index in [-0.39, 0.29) is 41.5 Å². The fourth-order valence-electron chi connectivity index (χ4n) is 7.82. The van der Waals surface area contributed by atoms with Crippen molar-refractivity contribution in [3.63, 3.8) is 0 Å². The first-order valence-corrected chi connectivity index (χ1v) is 15.0. The molecule has 7 rings (SSSR count). The number of carbonyl (C=O) groups excluding carboxylic acids is 1. The minimum absolute atomic E-state index is 0.0127. The van der Waals surface area contributed by atoms with Crippen LogP contribution in [-0.4, -0.2) is 46.0 Å². The van der Waals surface area contributed by atoms with Crippen LogP contribution in [0.3, 0.4) is 0 Å². The van der Waals surface area contributed by atoms with Gasteiger partial charge in [-0.25, -0.2) is 9.18 Å². The summed E-state index contributed by atoms with van der Waals surface area (Å²) in [4.78, 5) is 35.0. The molecule has 9 heteroatoms. The third kappa shape index (κ3) is 3.86. The predicted octanol–water partition coefficient (Wildman–Crippen LogP) is 6.18. The Morgan fingerprint density at radius 1 is 1.22 bits per heavy atom. The van der Waals surface area contributed by atoms with E-state index in [9.17, 15) is 9.59 Å². The molecular weight excluding hydrogens is 543 g/mol. The normalized spacial score (nSPS) is 22.7. The first-order chi connectivity index (χ1) is 19.7. The van der Waals surface area contributed by atoms with E-state index in [4.69, 9.17) is 21.3 Å². The Hall–Kier alpha value is -3.39. The maximum Gasteiger partial charge on any atom is 0.350 e. The Labute approximate surface area is 243 Å². The van der Waals surface area contributed by atoms with Crippen molar-refractivity contribution in [3.05, 3.63) is 63.3 Å². The lowest BCUT2D eigenvalue weighted by molar-refractivity contribution is -0.126. The van der Waals surface area contributed by atoms with E-state index >= 15 is 4.39 Å². The van der Waals surface area contributed by atoms with E-state index in [0.29, 0.717) is 58.4 Å². The zero-order valence-electron chi connectivity index (χ0n) is 23.5. The van der Waals surface area contributed by atoms with Crippen molar-refractivity contribution in [2.45, 2.75) is 71.1 Å². The van der Waals surface area contributed by atoms with E-state index in [2.05, 4.69) is 11.5 Å². The smallest absolute Gasteiger partial charge is 0.350 e. The molecule has 2 aliphatic heterocycles. The summed E-state index contributed by atoms with van der Waals surface area (Å²) < 4.78 is 24.0. The standard InChI is InChI=1S/C32H34ClFN4O3/c1-4-24(39)36-13-14-37(19(3)16-36)30-21-15-22(33)26-25-20(8-7-18(2)27(25)34)17-41-29(26)28(21)38(31(40)35-30)23-9-12-32(23)10-5-6-11-32/h4,7-8,15,19,23H,1,5-6,9-14,16-17H2,2-3H3/t19-,23?/m0/s1. The van der Waals surface area contributed by atoms with Crippen molar-refractivity contribution in [1.82, 2.24) is 14.5 Å². The lowest BCUT2D eigenvalue weighted by atomic mass is 9.63. The van der Waals surface area contributed by atoms with Crippen LogP contribution in [-0.2, 0) is 11.4 Å². The SMILES string of the molecule is C=CC(=O)N1CCN(c2nc(=O)n(C3CCC34CCCC4)c3c4c(c(Cl)cc23)-c2c(ccc(C)c2F)CO4)[C@@H](C)C1. The predicted molar refractivity (Wildman–Crippen MR) is 158 cm³/mol. The van der Waals surface area contributed by atoms with Gasteiger partial charge in [0.15, 0.2) is 5.75 Å². The molecule has 41 heavy (non-hydrogen) atoms. The van der Waals surface area contributed by atoms with Gasteiger partial charge in [0.25, 0.3) is 0 Å². The summed E-state index contributed by atoms with van der Waals surface area (Å²) in [5.74, 6) is 0.559. The number of hydrogen-bond donors (Lipinski definition) is 0. The van der Waals surface area contributed by atoms with Crippen LogP contribution in [0.25, 0.3) is 22.0 Å². The molecule has 1 aromatic heterocycles. The molecule has 1 unspecified atom stereocenters. The van der Waals surface area contributed by atoms with Crippen molar-refractivity contribution in [3.8, 4) is 16.9 Å². The molecule has 2 aromatic carbocycles. The molecule has 3 heterocycles. The molecule has 3 aromatic rings. The maximum absolute atomic E-state index is 15.7. The highest BCUT2D eigenvalue weighted by molar-refractivity contribution is 6.35. The van der Waals surface area contributed by atoms with Gasteiger partial charge in [0.1, 0.15) is 18.2 Å². The van der Waals surface area contributed by atoms with Crippen molar-refractivity contribution >= 4 is 34.2 Å². The van der Waals surface area contributed by atoms with Crippen LogP contribution < -0.4 is 15.3 Å². The minimum atomic E-state index is -0.316. The van der Waals surface area contributed by atoms with Gasteiger partial charge in [0.05, 0.1) is 10.5 Å². The largest absolute Gasteiger partial charge is 0.486 e. The van der Waals surface area contributed by atoms with Crippen molar-refractivity contribution < 1.29 is 13.9 Å². The fraction of sp³-hybridized carbons (Fsp3) is 0.469. The van der Waals surface area contributed by atoms with Gasteiger partial charge in [0, 0.05) is 53.8 Å². The summed E-state index contributed by atoms with van der Waals surface area (Å²) in [5, 5.41) is 1.09. The first-order valence-electron chi connectivity index (χ1n) is 14.6. The van der Waals surface area contributed by atoms with Gasteiger partial charge in [-0.15, -0.1) is 0 Å². The number of ether oxygens (including phenoxy) is 1. The van der Waals surface area contributed by atoms with E-state index in [1.165, 1.54) is 6.08 Å². The molecular formula is C32H34ClFN4O3. The number of nitrogens with zero attached hydrogens (tertiary/aromatic N) is 4. The third-order valence-electron chi connectivity index (χ3n) is 10.1. The molecule has 1 spiro atoms. The number of piperazine rings is 1. The number of carbonyl (C=O) groups is 1. The highest BCUT2D eigenvalue weighted by Crippen LogP contribution is 2.61. The summed E-state index contributed by atoms with van der Waals surface area (Å²) in [6, 6.07) is 5.39. The Morgan fingerprint density at radius 3 is 2.68 bits per heavy atom. The van der Waals surface area contributed by atoms with E-state index in [1.54, 1.807) is 17.9 Å². The highest BCUT2D eigenvalue weighted by Gasteiger charge is 2.50. The van der Waals surface area contributed by atoms with E-state index in [1.807, 2.05) is 23.6 Å². The lowest BCUT2D eigenvalue weighted by Gasteiger charge is -2.49. The van der Waals surface area contributed by atoms with Crippen molar-refractivity contribution in [1.29, 1.82) is 0 Å². The molecule has 1 saturated heterocycles. The van der Waals surface area contributed by atoms with Gasteiger partial charge in [-0.1, -0.05) is 43.2 Å². The molecule has 214 valence electrons. The summed E-state index contributed by atoms with van der Waals surface area (Å²) in [7, 11) is 0. The number of benzene rings is 2. The number of anilines is 1. The lowest BCUT2D eigenvalue weighted by Crippen LogP contribution is -2.54. The van der Waals surface area contributed by atoms with Crippen LogP contribution in [0, 0.1) is 18.2 Å². The average molecular weight is 577 g/mol. The van der Waals surface area contributed by atoms with Gasteiger partial charge < -0.3 is 14.5 Å². The van der Waals surface area contributed by atoms with Crippen LogP contribution in [0.15, 0.2) is 35.6 Å². The number of aromatic nitrogens is 2. The summed E-state index contributed by atoms with van der Waals surface area (Å²) in [5.41, 5.74) is 2.64. The summed E-state index contributed by atoms with van der Waals surface area (Å²) in [6.07, 6.45) is 7.84. The molecule has 3 fully saturated rings. The molecule has 7 nitrogen and oxygen atoms in total. The van der Waals surface area contributed by atoms with Crippen LogP contribution in [0.5, 0.6) is 5.75 Å². The average Bonchev–Trinajstić information content (AvgIpc) is 3.48. The minimum Gasteiger partial charge on any atom is -0.486 e. The Bertz CT molecular complexity index is 1680. The molecule has 0 radical (unpaired) electrons. The number of fused-ring (bicyclic) bond motifs is 5. The zero-order chi connectivity index (χ0) is 28.6. The Balaban J connectivity index is 1.48. The number of aryl methyl sites for hydroxylation is 1. The quantitative estimate of drug-likeness (QED) is 0.349. The van der Waals surface area contributed by atoms with Crippen LogP contribution in [0.2, 0.25) is 5.02 Å². The number of halogens is 2. The summed E-state index contributed by atoms with van der Waals surface area (Å²) >= 11 is 7.00.